The Morgan fingerprint density at radius 3 is 1.79 bits per heavy atom. The fourth-order valence-electron chi connectivity index (χ4n) is 1.25. The van der Waals surface area contributed by atoms with Crippen molar-refractivity contribution in [2.75, 3.05) is 6.54 Å². The first-order chi connectivity index (χ1) is 6.67. The maximum atomic E-state index is 11.5. The van der Waals surface area contributed by atoms with E-state index in [4.69, 9.17) is 0 Å². The summed E-state index contributed by atoms with van der Waals surface area (Å²) in [4.78, 5) is 34.0. The number of amides is 2. The summed E-state index contributed by atoms with van der Waals surface area (Å²) in [5, 5.41) is 0. The molecule has 1 rings (SSSR count). The minimum atomic E-state index is -0.494. The normalized spacial score (nSPS) is 16.1. The minimum absolute atomic E-state index is 0.201. The molecule has 14 heavy (non-hydrogen) atoms. The highest BCUT2D eigenvalue weighted by Gasteiger charge is 2.34. The summed E-state index contributed by atoms with van der Waals surface area (Å²) >= 11 is 0. The number of rotatable bonds is 4. The fraction of sp³-hybridized carbons (Fsp3) is 0.100. The summed E-state index contributed by atoms with van der Waals surface area (Å²) in [5.41, 5.74) is 0.402. The van der Waals surface area contributed by atoms with Gasteiger partial charge in [-0.2, -0.15) is 0 Å². The number of hydrogen-bond donors (Lipinski definition) is 0. The molecule has 0 aromatic heterocycles. The highest BCUT2D eigenvalue weighted by molar-refractivity contribution is 6.22. The second-order valence-electron chi connectivity index (χ2n) is 2.62. The van der Waals surface area contributed by atoms with Gasteiger partial charge in [-0.05, 0) is 0 Å². The van der Waals surface area contributed by atoms with Gasteiger partial charge in [0.25, 0.3) is 11.8 Å². The number of nitrogens with zero attached hydrogens (tertiary/aromatic N) is 1. The fourth-order valence-corrected chi connectivity index (χ4v) is 1.25. The first-order valence-electron chi connectivity index (χ1n) is 3.96. The van der Waals surface area contributed by atoms with Gasteiger partial charge in [0.1, 0.15) is 6.29 Å². The molecule has 2 amide bonds. The van der Waals surface area contributed by atoms with E-state index in [1.165, 1.54) is 12.2 Å². The molecule has 4 heteroatoms. The van der Waals surface area contributed by atoms with Crippen molar-refractivity contribution in [3.63, 3.8) is 0 Å². The van der Waals surface area contributed by atoms with E-state index in [0.717, 1.165) is 4.90 Å². The van der Waals surface area contributed by atoms with Gasteiger partial charge in [0.15, 0.2) is 0 Å². The van der Waals surface area contributed by atoms with E-state index in [1.807, 2.05) is 0 Å². The van der Waals surface area contributed by atoms with Crippen LogP contribution in [0, 0.1) is 0 Å². The third kappa shape index (κ3) is 1.31. The molecule has 0 saturated heterocycles. The molecule has 1 heterocycles. The average molecular weight is 191 g/mol. The topological polar surface area (TPSA) is 54.5 Å². The van der Waals surface area contributed by atoms with Gasteiger partial charge >= 0.3 is 0 Å². The van der Waals surface area contributed by atoms with Crippen LogP contribution in [0.15, 0.2) is 36.5 Å². The lowest BCUT2D eigenvalue weighted by atomic mass is 10.1. The smallest absolute Gasteiger partial charge is 0.261 e. The van der Waals surface area contributed by atoms with Gasteiger partial charge in [0.2, 0.25) is 0 Å². The predicted molar refractivity (Wildman–Crippen MR) is 50.2 cm³/mol. The molecule has 0 aliphatic carbocycles. The van der Waals surface area contributed by atoms with Gasteiger partial charge in [-0.25, -0.2) is 0 Å². The molecule has 0 spiro atoms. The Morgan fingerprint density at radius 2 is 1.50 bits per heavy atom. The molecule has 0 aromatic rings. The van der Waals surface area contributed by atoms with Crippen molar-refractivity contribution in [2.24, 2.45) is 0 Å². The number of carbonyl (C=O) groups is 3. The third-order valence-electron chi connectivity index (χ3n) is 1.91. The summed E-state index contributed by atoms with van der Waals surface area (Å²) < 4.78 is 0. The Hall–Kier alpha value is -1.97. The molecule has 0 atom stereocenters. The molecule has 0 saturated carbocycles. The Bertz CT molecular complexity index is 336. The van der Waals surface area contributed by atoms with Crippen LogP contribution in [0.3, 0.4) is 0 Å². The average Bonchev–Trinajstić information content (AvgIpc) is 2.41. The highest BCUT2D eigenvalue weighted by Crippen LogP contribution is 2.21. The van der Waals surface area contributed by atoms with Gasteiger partial charge < -0.3 is 4.79 Å². The van der Waals surface area contributed by atoms with Crippen LogP contribution in [0.4, 0.5) is 0 Å². The third-order valence-corrected chi connectivity index (χ3v) is 1.91. The molecule has 0 radical (unpaired) electrons. The Labute approximate surface area is 81.2 Å². The Balaban J connectivity index is 3.14. The highest BCUT2D eigenvalue weighted by atomic mass is 16.2. The maximum absolute atomic E-state index is 11.5. The molecule has 0 unspecified atom stereocenters. The van der Waals surface area contributed by atoms with Crippen molar-refractivity contribution < 1.29 is 14.4 Å². The zero-order valence-corrected chi connectivity index (χ0v) is 7.53. The molecular formula is C10H9NO3. The van der Waals surface area contributed by atoms with E-state index < -0.39 is 11.8 Å². The van der Waals surface area contributed by atoms with Crippen LogP contribution >= 0.6 is 0 Å². The second-order valence-corrected chi connectivity index (χ2v) is 2.62. The van der Waals surface area contributed by atoms with E-state index in [2.05, 4.69) is 13.2 Å². The van der Waals surface area contributed by atoms with Crippen LogP contribution in [0.2, 0.25) is 0 Å². The summed E-state index contributed by atoms with van der Waals surface area (Å²) in [6.45, 7) is 6.62. The largest absolute Gasteiger partial charge is 0.301 e. The first kappa shape index (κ1) is 10.1. The second kappa shape index (κ2) is 3.83. The molecule has 0 fully saturated rings. The number of hydrogen-bond acceptors (Lipinski definition) is 3. The van der Waals surface area contributed by atoms with Crippen molar-refractivity contribution in [1.82, 2.24) is 4.90 Å². The molecular weight excluding hydrogens is 182 g/mol. The monoisotopic (exact) mass is 191 g/mol. The molecule has 0 N–H and O–H groups in total. The van der Waals surface area contributed by atoms with Crippen molar-refractivity contribution >= 4 is 18.1 Å². The van der Waals surface area contributed by atoms with Crippen molar-refractivity contribution in [3.8, 4) is 0 Å². The maximum Gasteiger partial charge on any atom is 0.261 e. The zero-order chi connectivity index (χ0) is 10.7. The molecule has 0 aromatic carbocycles. The van der Waals surface area contributed by atoms with Crippen LogP contribution in [0.25, 0.3) is 0 Å². The standard InChI is InChI=1S/C10H9NO3/c1-3-7-8(4-2)10(14)11(5-6-12)9(7)13/h3-4,6H,1-2,5H2. The summed E-state index contributed by atoms with van der Waals surface area (Å²) in [7, 11) is 0. The quantitative estimate of drug-likeness (QED) is 0.472. The van der Waals surface area contributed by atoms with E-state index >= 15 is 0 Å². The Morgan fingerprint density at radius 1 is 1.07 bits per heavy atom. The zero-order valence-electron chi connectivity index (χ0n) is 7.53. The summed E-state index contributed by atoms with van der Waals surface area (Å²) in [6.07, 6.45) is 3.09. The number of aldehydes is 1. The lowest BCUT2D eigenvalue weighted by Crippen LogP contribution is -2.33. The predicted octanol–water partition coefficient (Wildman–Crippen LogP) is 0.223. The van der Waals surface area contributed by atoms with E-state index in [1.54, 1.807) is 0 Å². The van der Waals surface area contributed by atoms with Gasteiger partial charge in [0.05, 0.1) is 17.7 Å². The van der Waals surface area contributed by atoms with Gasteiger partial charge in [-0.3, -0.25) is 14.5 Å². The van der Waals surface area contributed by atoms with E-state index in [0.29, 0.717) is 6.29 Å². The lowest BCUT2D eigenvalue weighted by molar-refractivity contribution is -0.139. The van der Waals surface area contributed by atoms with Crippen LogP contribution in [0.5, 0.6) is 0 Å². The van der Waals surface area contributed by atoms with Crippen LogP contribution in [-0.4, -0.2) is 29.5 Å². The van der Waals surface area contributed by atoms with Gasteiger partial charge in [-0.1, -0.05) is 25.3 Å². The van der Waals surface area contributed by atoms with Crippen LogP contribution in [0.1, 0.15) is 0 Å². The van der Waals surface area contributed by atoms with Crippen molar-refractivity contribution in [3.05, 3.63) is 36.5 Å². The molecule has 72 valence electrons. The molecule has 1 aliphatic heterocycles. The van der Waals surface area contributed by atoms with Crippen LogP contribution in [-0.2, 0) is 14.4 Å². The lowest BCUT2D eigenvalue weighted by Gasteiger charge is -2.09. The number of carbonyl (C=O) groups excluding carboxylic acids is 3. The summed E-state index contributed by atoms with van der Waals surface area (Å²) in [6, 6.07) is 0. The first-order valence-corrected chi connectivity index (χ1v) is 3.96. The van der Waals surface area contributed by atoms with Crippen molar-refractivity contribution in [1.29, 1.82) is 0 Å². The van der Waals surface area contributed by atoms with E-state index in [9.17, 15) is 14.4 Å². The molecule has 1 aliphatic rings. The van der Waals surface area contributed by atoms with Crippen molar-refractivity contribution in [2.45, 2.75) is 0 Å². The number of imide groups is 1. The van der Waals surface area contributed by atoms with E-state index in [-0.39, 0.29) is 17.7 Å². The van der Waals surface area contributed by atoms with Gasteiger partial charge in [0, 0.05) is 0 Å². The van der Waals surface area contributed by atoms with Crippen LogP contribution < -0.4 is 0 Å². The minimum Gasteiger partial charge on any atom is -0.301 e. The summed E-state index contributed by atoms with van der Waals surface area (Å²) in [5.74, 6) is -0.987. The molecule has 0 bridgehead atoms. The Kier molecular flexibility index (Phi) is 2.76. The SMILES string of the molecule is C=CC1=C(C=C)C(=O)N(CC=O)C1=O. The van der Waals surface area contributed by atoms with Gasteiger partial charge in [-0.15, -0.1) is 0 Å². The molecule has 4 nitrogen and oxygen atoms in total.